The molecule has 1 spiro atoms. The molecule has 0 radical (unpaired) electrons. The minimum atomic E-state index is 0.00402. The number of rotatable bonds is 1. The first-order valence-corrected chi connectivity index (χ1v) is 7.81. The number of aryl methyl sites for hydroxylation is 1. The summed E-state index contributed by atoms with van der Waals surface area (Å²) in [4.78, 5) is 14.4. The van der Waals surface area contributed by atoms with Crippen LogP contribution in [0.5, 0.6) is 0 Å². The first-order valence-electron chi connectivity index (χ1n) is 6.82. The van der Waals surface area contributed by atoms with Gasteiger partial charge in [-0.15, -0.1) is 11.8 Å². The lowest BCUT2D eigenvalue weighted by Gasteiger charge is -2.37. The summed E-state index contributed by atoms with van der Waals surface area (Å²) in [5, 5.41) is 0. The lowest BCUT2D eigenvalue weighted by molar-refractivity contribution is 0.00353. The van der Waals surface area contributed by atoms with Crippen molar-refractivity contribution in [1.82, 2.24) is 4.90 Å². The van der Waals surface area contributed by atoms with Gasteiger partial charge in [-0.25, -0.2) is 0 Å². The maximum absolute atomic E-state index is 12.4. The molecule has 2 aliphatic heterocycles. The Morgan fingerprint density at radius 3 is 2.53 bits per heavy atom. The molecule has 1 aromatic rings. The predicted molar refractivity (Wildman–Crippen MR) is 77.5 cm³/mol. The molecule has 2 heterocycles. The Hall–Kier alpha value is -1.00. The second kappa shape index (κ2) is 5.17. The summed E-state index contributed by atoms with van der Waals surface area (Å²) in [7, 11) is 0. The Morgan fingerprint density at radius 2 is 1.95 bits per heavy atom. The van der Waals surface area contributed by atoms with Crippen LogP contribution in [0.3, 0.4) is 0 Å². The van der Waals surface area contributed by atoms with Gasteiger partial charge in [0, 0.05) is 37.2 Å². The van der Waals surface area contributed by atoms with Crippen LogP contribution in [-0.2, 0) is 4.74 Å². The van der Waals surface area contributed by atoms with Gasteiger partial charge in [0.2, 0.25) is 0 Å². The fraction of sp³-hybridized carbons (Fsp3) is 0.533. The highest BCUT2D eigenvalue weighted by Gasteiger charge is 2.40. The zero-order valence-electron chi connectivity index (χ0n) is 11.2. The van der Waals surface area contributed by atoms with E-state index in [4.69, 9.17) is 4.74 Å². The van der Waals surface area contributed by atoms with Gasteiger partial charge in [-0.2, -0.15) is 0 Å². The van der Waals surface area contributed by atoms with Crippen LogP contribution in [0.4, 0.5) is 0 Å². The molecule has 0 unspecified atom stereocenters. The first-order chi connectivity index (χ1) is 9.19. The van der Waals surface area contributed by atoms with E-state index in [1.165, 1.54) is 5.56 Å². The molecule has 1 amide bonds. The molecule has 0 aliphatic carbocycles. The number of benzene rings is 1. The van der Waals surface area contributed by atoms with E-state index in [0.29, 0.717) is 0 Å². The van der Waals surface area contributed by atoms with Gasteiger partial charge in [0.05, 0.1) is 6.61 Å². The SMILES string of the molecule is Cc1ccc(C(=O)N2CCC3(CC2)OCCS3)cc1. The second-order valence-corrected chi connectivity index (χ2v) is 6.71. The van der Waals surface area contributed by atoms with E-state index in [1.54, 1.807) is 0 Å². The molecular weight excluding hydrogens is 258 g/mol. The van der Waals surface area contributed by atoms with Crippen LogP contribution < -0.4 is 0 Å². The molecule has 0 atom stereocenters. The van der Waals surface area contributed by atoms with E-state index >= 15 is 0 Å². The Balaban J connectivity index is 1.64. The summed E-state index contributed by atoms with van der Waals surface area (Å²) in [6.45, 7) is 4.50. The quantitative estimate of drug-likeness (QED) is 0.790. The zero-order valence-corrected chi connectivity index (χ0v) is 12.0. The highest BCUT2D eigenvalue weighted by Crippen LogP contribution is 2.41. The molecular formula is C15H19NO2S. The van der Waals surface area contributed by atoms with Gasteiger partial charge in [-0.05, 0) is 19.1 Å². The maximum atomic E-state index is 12.4. The molecule has 3 nitrogen and oxygen atoms in total. The highest BCUT2D eigenvalue weighted by molar-refractivity contribution is 8.00. The Kier molecular flexibility index (Phi) is 3.54. The van der Waals surface area contributed by atoms with Crippen molar-refractivity contribution in [2.75, 3.05) is 25.4 Å². The van der Waals surface area contributed by atoms with Gasteiger partial charge in [0.1, 0.15) is 4.93 Å². The molecule has 0 aromatic heterocycles. The van der Waals surface area contributed by atoms with Crippen molar-refractivity contribution >= 4 is 17.7 Å². The smallest absolute Gasteiger partial charge is 0.253 e. The third-order valence-electron chi connectivity index (χ3n) is 3.92. The van der Waals surface area contributed by atoms with Crippen LogP contribution in [0, 0.1) is 6.92 Å². The van der Waals surface area contributed by atoms with Crippen LogP contribution >= 0.6 is 11.8 Å². The lowest BCUT2D eigenvalue weighted by atomic mass is 10.0. The number of hydrogen-bond acceptors (Lipinski definition) is 3. The average molecular weight is 277 g/mol. The molecule has 2 fully saturated rings. The molecule has 3 rings (SSSR count). The average Bonchev–Trinajstić information content (AvgIpc) is 2.88. The van der Waals surface area contributed by atoms with Crippen LogP contribution in [0.2, 0.25) is 0 Å². The Morgan fingerprint density at radius 1 is 1.26 bits per heavy atom. The van der Waals surface area contributed by atoms with Crippen LogP contribution in [0.1, 0.15) is 28.8 Å². The molecule has 19 heavy (non-hydrogen) atoms. The molecule has 0 bridgehead atoms. The molecule has 2 saturated heterocycles. The first kappa shape index (κ1) is 13.0. The second-order valence-electron chi connectivity index (χ2n) is 5.27. The zero-order chi connectivity index (χ0) is 13.3. The standard InChI is InChI=1S/C15H19NO2S/c1-12-2-4-13(5-3-12)14(17)16-8-6-15(7-9-16)18-10-11-19-15/h2-5H,6-11H2,1H3. The topological polar surface area (TPSA) is 29.5 Å². The van der Waals surface area contributed by atoms with Gasteiger partial charge in [-0.1, -0.05) is 17.7 Å². The number of carbonyl (C=O) groups is 1. The molecule has 2 aliphatic rings. The number of amides is 1. The number of piperidine rings is 1. The summed E-state index contributed by atoms with van der Waals surface area (Å²) >= 11 is 1.92. The van der Waals surface area contributed by atoms with E-state index in [9.17, 15) is 4.79 Å². The minimum absolute atomic E-state index is 0.00402. The normalized spacial score (nSPS) is 21.8. The van der Waals surface area contributed by atoms with Crippen molar-refractivity contribution in [3.8, 4) is 0 Å². The van der Waals surface area contributed by atoms with Gasteiger partial charge in [0.15, 0.2) is 0 Å². The summed E-state index contributed by atoms with van der Waals surface area (Å²) in [6.07, 6.45) is 1.91. The van der Waals surface area contributed by atoms with E-state index in [0.717, 1.165) is 43.9 Å². The number of thioether (sulfide) groups is 1. The molecule has 4 heteroatoms. The number of hydrogen-bond donors (Lipinski definition) is 0. The van der Waals surface area contributed by atoms with Crippen LogP contribution in [0.15, 0.2) is 24.3 Å². The molecule has 0 saturated carbocycles. The monoisotopic (exact) mass is 277 g/mol. The largest absolute Gasteiger partial charge is 0.363 e. The van der Waals surface area contributed by atoms with E-state index in [2.05, 4.69) is 0 Å². The maximum Gasteiger partial charge on any atom is 0.253 e. The van der Waals surface area contributed by atoms with Crippen molar-refractivity contribution in [3.05, 3.63) is 35.4 Å². The van der Waals surface area contributed by atoms with Crippen molar-refractivity contribution in [2.45, 2.75) is 24.7 Å². The van der Waals surface area contributed by atoms with Gasteiger partial charge >= 0.3 is 0 Å². The number of carbonyl (C=O) groups excluding carboxylic acids is 1. The van der Waals surface area contributed by atoms with Crippen molar-refractivity contribution in [1.29, 1.82) is 0 Å². The third-order valence-corrected chi connectivity index (χ3v) is 5.35. The Labute approximate surface area is 118 Å². The summed E-state index contributed by atoms with van der Waals surface area (Å²) in [5.41, 5.74) is 1.98. The van der Waals surface area contributed by atoms with Crippen LogP contribution in [0.25, 0.3) is 0 Å². The molecule has 0 N–H and O–H groups in total. The number of ether oxygens (including phenoxy) is 1. The van der Waals surface area contributed by atoms with E-state index in [-0.39, 0.29) is 10.8 Å². The van der Waals surface area contributed by atoms with Crippen LogP contribution in [-0.4, -0.2) is 41.2 Å². The van der Waals surface area contributed by atoms with Gasteiger partial charge in [0.25, 0.3) is 5.91 Å². The lowest BCUT2D eigenvalue weighted by Crippen LogP contribution is -2.45. The number of nitrogens with zero attached hydrogens (tertiary/aromatic N) is 1. The van der Waals surface area contributed by atoms with Gasteiger partial charge < -0.3 is 9.64 Å². The highest BCUT2D eigenvalue weighted by atomic mass is 32.2. The molecule has 1 aromatic carbocycles. The van der Waals surface area contributed by atoms with E-state index in [1.807, 2.05) is 47.9 Å². The Bertz CT molecular complexity index is 456. The number of likely N-dealkylation sites (tertiary alicyclic amines) is 1. The van der Waals surface area contributed by atoms with Crippen molar-refractivity contribution in [2.24, 2.45) is 0 Å². The fourth-order valence-electron chi connectivity index (χ4n) is 2.71. The fourth-order valence-corrected chi connectivity index (χ4v) is 3.89. The van der Waals surface area contributed by atoms with Crippen molar-refractivity contribution < 1.29 is 9.53 Å². The summed E-state index contributed by atoms with van der Waals surface area (Å²) in [6, 6.07) is 7.83. The predicted octanol–water partition coefficient (Wildman–Crippen LogP) is 2.69. The minimum Gasteiger partial charge on any atom is -0.363 e. The van der Waals surface area contributed by atoms with Crippen molar-refractivity contribution in [3.63, 3.8) is 0 Å². The third kappa shape index (κ3) is 2.65. The summed E-state index contributed by atoms with van der Waals surface area (Å²) in [5.74, 6) is 1.24. The summed E-state index contributed by atoms with van der Waals surface area (Å²) < 4.78 is 5.86. The van der Waals surface area contributed by atoms with Gasteiger partial charge in [-0.3, -0.25) is 4.79 Å². The molecule has 102 valence electrons. The van der Waals surface area contributed by atoms with E-state index < -0.39 is 0 Å².